The van der Waals surface area contributed by atoms with Crippen molar-refractivity contribution in [3.8, 4) is 0 Å². The minimum absolute atomic E-state index is 0.162. The molecule has 0 aliphatic carbocycles. The van der Waals surface area contributed by atoms with Crippen LogP contribution in [0.4, 0.5) is 5.69 Å². The van der Waals surface area contributed by atoms with Gasteiger partial charge in [-0.05, 0) is 66.9 Å². The van der Waals surface area contributed by atoms with Crippen molar-refractivity contribution >= 4 is 40.0 Å². The highest BCUT2D eigenvalue weighted by molar-refractivity contribution is 6.37. The molecule has 188 valence electrons. The van der Waals surface area contributed by atoms with Gasteiger partial charge in [-0.3, -0.25) is 14.4 Å². The lowest BCUT2D eigenvalue weighted by atomic mass is 10.1. The van der Waals surface area contributed by atoms with Crippen molar-refractivity contribution in [1.82, 2.24) is 4.90 Å². The standard InChI is InChI=1S/C29H32N2O5/c1-6-29(2,3)36-28(35)25(32)18-26(33)31(24-15-13-22(14-16-24)27(34)30(4)5)19-20-11-12-21-9-7-8-10-23(21)17-20/h7-17H,6,18-19H2,1-5H3. The summed E-state index contributed by atoms with van der Waals surface area (Å²) in [6, 6.07) is 20.4. The number of ether oxygens (including phenoxy) is 1. The Kier molecular flexibility index (Phi) is 8.25. The lowest BCUT2D eigenvalue weighted by Crippen LogP contribution is -2.36. The third-order valence-corrected chi connectivity index (χ3v) is 6.05. The van der Waals surface area contributed by atoms with E-state index in [1.807, 2.05) is 49.4 Å². The molecule has 0 aliphatic heterocycles. The van der Waals surface area contributed by atoms with Gasteiger partial charge >= 0.3 is 5.97 Å². The van der Waals surface area contributed by atoms with Crippen molar-refractivity contribution < 1.29 is 23.9 Å². The van der Waals surface area contributed by atoms with Crippen LogP contribution in [-0.2, 0) is 25.7 Å². The number of hydrogen-bond donors (Lipinski definition) is 0. The number of ketones is 1. The second-order valence-corrected chi connectivity index (χ2v) is 9.51. The Morgan fingerprint density at radius 3 is 2.11 bits per heavy atom. The Labute approximate surface area is 211 Å². The molecule has 0 unspecified atom stereocenters. The first-order valence-corrected chi connectivity index (χ1v) is 11.9. The van der Waals surface area contributed by atoms with Gasteiger partial charge in [0.15, 0.2) is 0 Å². The van der Waals surface area contributed by atoms with E-state index in [-0.39, 0.29) is 12.5 Å². The van der Waals surface area contributed by atoms with Crippen LogP contribution in [-0.4, -0.2) is 48.2 Å². The van der Waals surface area contributed by atoms with E-state index in [2.05, 4.69) is 0 Å². The van der Waals surface area contributed by atoms with E-state index in [1.54, 1.807) is 52.2 Å². The van der Waals surface area contributed by atoms with E-state index < -0.39 is 29.7 Å². The molecule has 3 aromatic rings. The van der Waals surface area contributed by atoms with Gasteiger partial charge in [-0.2, -0.15) is 0 Å². The summed E-state index contributed by atoms with van der Waals surface area (Å²) in [5.41, 5.74) is 1.05. The van der Waals surface area contributed by atoms with Gasteiger partial charge in [0, 0.05) is 25.3 Å². The molecule has 7 heteroatoms. The van der Waals surface area contributed by atoms with Gasteiger partial charge in [0.05, 0.1) is 13.0 Å². The highest BCUT2D eigenvalue weighted by Crippen LogP contribution is 2.23. The van der Waals surface area contributed by atoms with Gasteiger partial charge in [-0.1, -0.05) is 43.3 Å². The number of fused-ring (bicyclic) bond motifs is 1. The molecule has 3 aromatic carbocycles. The van der Waals surface area contributed by atoms with E-state index in [9.17, 15) is 19.2 Å². The minimum Gasteiger partial charge on any atom is -0.454 e. The summed E-state index contributed by atoms with van der Waals surface area (Å²) in [6.45, 7) is 5.46. The molecular formula is C29H32N2O5. The van der Waals surface area contributed by atoms with Crippen LogP contribution in [0.25, 0.3) is 10.8 Å². The predicted molar refractivity (Wildman–Crippen MR) is 140 cm³/mol. The van der Waals surface area contributed by atoms with E-state index in [0.717, 1.165) is 16.3 Å². The maximum atomic E-state index is 13.3. The summed E-state index contributed by atoms with van der Waals surface area (Å²) in [7, 11) is 3.33. The Hall–Kier alpha value is -4.00. The van der Waals surface area contributed by atoms with Crippen LogP contribution < -0.4 is 4.90 Å². The SMILES string of the molecule is CCC(C)(C)OC(=O)C(=O)CC(=O)N(Cc1ccc2ccccc2c1)c1ccc(C(=O)N(C)C)cc1. The van der Waals surface area contributed by atoms with E-state index in [0.29, 0.717) is 17.7 Å². The Morgan fingerprint density at radius 1 is 0.861 bits per heavy atom. The fourth-order valence-electron chi connectivity index (χ4n) is 3.57. The number of rotatable bonds is 9. The van der Waals surface area contributed by atoms with Crippen LogP contribution >= 0.6 is 0 Å². The largest absolute Gasteiger partial charge is 0.454 e. The average molecular weight is 489 g/mol. The van der Waals surface area contributed by atoms with Crippen LogP contribution in [0.3, 0.4) is 0 Å². The summed E-state index contributed by atoms with van der Waals surface area (Å²) in [5, 5.41) is 2.10. The second kappa shape index (κ2) is 11.2. The molecule has 0 heterocycles. The average Bonchev–Trinajstić information content (AvgIpc) is 2.86. The van der Waals surface area contributed by atoms with Crippen molar-refractivity contribution in [3.63, 3.8) is 0 Å². The first kappa shape index (κ1) is 26.6. The smallest absolute Gasteiger partial charge is 0.375 e. The monoisotopic (exact) mass is 488 g/mol. The lowest BCUT2D eigenvalue weighted by molar-refractivity contribution is -0.164. The van der Waals surface area contributed by atoms with Crippen LogP contribution in [0, 0.1) is 0 Å². The van der Waals surface area contributed by atoms with Gasteiger partial charge in [0.2, 0.25) is 11.7 Å². The van der Waals surface area contributed by atoms with Crippen molar-refractivity contribution in [3.05, 3.63) is 77.9 Å². The highest BCUT2D eigenvalue weighted by atomic mass is 16.6. The predicted octanol–water partition coefficient (Wildman–Crippen LogP) is 4.77. The lowest BCUT2D eigenvalue weighted by Gasteiger charge is -2.25. The number of carbonyl (C=O) groups excluding carboxylic acids is 4. The van der Waals surface area contributed by atoms with Crippen molar-refractivity contribution in [2.75, 3.05) is 19.0 Å². The van der Waals surface area contributed by atoms with Crippen LogP contribution in [0.1, 0.15) is 49.5 Å². The van der Waals surface area contributed by atoms with Crippen molar-refractivity contribution in [2.45, 2.75) is 45.8 Å². The quantitative estimate of drug-likeness (QED) is 0.246. The fourth-order valence-corrected chi connectivity index (χ4v) is 3.57. The molecule has 2 amide bonds. The summed E-state index contributed by atoms with van der Waals surface area (Å²) in [6.07, 6.45) is -0.0866. The van der Waals surface area contributed by atoms with Gasteiger partial charge < -0.3 is 14.5 Å². The summed E-state index contributed by atoms with van der Waals surface area (Å²) < 4.78 is 5.26. The van der Waals surface area contributed by atoms with E-state index >= 15 is 0 Å². The first-order valence-electron chi connectivity index (χ1n) is 11.9. The Bertz CT molecular complexity index is 1280. The number of hydrogen-bond acceptors (Lipinski definition) is 5. The summed E-state index contributed by atoms with van der Waals surface area (Å²) in [4.78, 5) is 53.4. The molecule has 7 nitrogen and oxygen atoms in total. The highest BCUT2D eigenvalue weighted by Gasteiger charge is 2.29. The molecule has 0 fully saturated rings. The number of benzene rings is 3. The molecule has 0 aliphatic rings. The van der Waals surface area contributed by atoms with Gasteiger partial charge in [0.1, 0.15) is 5.60 Å². The molecule has 3 rings (SSSR count). The van der Waals surface area contributed by atoms with Crippen molar-refractivity contribution in [2.24, 2.45) is 0 Å². The van der Waals surface area contributed by atoms with Crippen LogP contribution in [0.15, 0.2) is 66.7 Å². The fraction of sp³-hybridized carbons (Fsp3) is 0.310. The molecular weight excluding hydrogens is 456 g/mol. The number of anilines is 1. The second-order valence-electron chi connectivity index (χ2n) is 9.51. The zero-order valence-electron chi connectivity index (χ0n) is 21.4. The molecule has 36 heavy (non-hydrogen) atoms. The number of amides is 2. The van der Waals surface area contributed by atoms with Crippen molar-refractivity contribution in [1.29, 1.82) is 0 Å². The van der Waals surface area contributed by atoms with Crippen LogP contribution in [0.5, 0.6) is 0 Å². The Morgan fingerprint density at radius 2 is 1.50 bits per heavy atom. The number of carbonyl (C=O) groups is 4. The first-order chi connectivity index (χ1) is 17.0. The zero-order chi connectivity index (χ0) is 26.5. The molecule has 0 saturated carbocycles. The number of nitrogens with zero attached hydrogens (tertiary/aromatic N) is 2. The third kappa shape index (κ3) is 6.56. The minimum atomic E-state index is -1.02. The van der Waals surface area contributed by atoms with Gasteiger partial charge in [0.25, 0.3) is 5.91 Å². The van der Waals surface area contributed by atoms with E-state index in [1.165, 1.54) is 9.80 Å². The third-order valence-electron chi connectivity index (χ3n) is 6.05. The van der Waals surface area contributed by atoms with Crippen LogP contribution in [0.2, 0.25) is 0 Å². The van der Waals surface area contributed by atoms with E-state index in [4.69, 9.17) is 4.74 Å². The normalized spacial score (nSPS) is 11.1. The number of Topliss-reactive ketones (excluding diaryl/α,β-unsaturated/α-hetero) is 1. The number of esters is 1. The molecule has 0 bridgehead atoms. The molecule has 0 aromatic heterocycles. The Balaban J connectivity index is 1.88. The summed E-state index contributed by atoms with van der Waals surface area (Å²) >= 11 is 0. The summed E-state index contributed by atoms with van der Waals surface area (Å²) in [5.74, 6) is -2.62. The molecule has 0 atom stereocenters. The maximum absolute atomic E-state index is 13.3. The topological polar surface area (TPSA) is 84.0 Å². The zero-order valence-corrected chi connectivity index (χ0v) is 21.4. The van der Waals surface area contributed by atoms with Gasteiger partial charge in [-0.25, -0.2) is 4.79 Å². The van der Waals surface area contributed by atoms with Gasteiger partial charge in [-0.15, -0.1) is 0 Å². The maximum Gasteiger partial charge on any atom is 0.375 e. The molecule has 0 radical (unpaired) electrons. The molecule has 0 saturated heterocycles. The molecule has 0 spiro atoms. The molecule has 0 N–H and O–H groups in total.